The molecule has 1 rings (SSSR count). The Bertz CT molecular complexity index is 599. The number of esters is 1. The molecule has 1 aromatic rings. The molecule has 0 atom stereocenters. The van der Waals surface area contributed by atoms with Crippen LogP contribution in [0.3, 0.4) is 0 Å². The van der Waals surface area contributed by atoms with Crippen molar-refractivity contribution in [3.63, 3.8) is 0 Å². The molecule has 0 heterocycles. The van der Waals surface area contributed by atoms with Crippen LogP contribution in [-0.4, -0.2) is 53.1 Å². The van der Waals surface area contributed by atoms with Crippen molar-refractivity contribution in [3.8, 4) is 11.5 Å². The number of carbonyl (C=O) groups is 1. The smallest absolute Gasteiger partial charge is 0.321 e. The number of likely N-dealkylation sites (N-methyl/N-ethyl adjacent to an activating group) is 1. The normalized spacial score (nSPS) is 11.3. The first kappa shape index (κ1) is 17.3. The van der Waals surface area contributed by atoms with Crippen molar-refractivity contribution < 1.29 is 27.4 Å². The third-order valence-electron chi connectivity index (χ3n) is 2.72. The minimum atomic E-state index is -3.87. The van der Waals surface area contributed by atoms with E-state index in [9.17, 15) is 13.2 Å². The predicted octanol–water partition coefficient (Wildman–Crippen LogP) is 0.887. The average Bonchev–Trinajstić information content (AvgIpc) is 2.46. The number of carbonyl (C=O) groups excluding carboxylic acids is 1. The molecule has 0 unspecified atom stereocenters. The second-order valence-electron chi connectivity index (χ2n) is 4.08. The van der Waals surface area contributed by atoms with Crippen LogP contribution in [0.4, 0.5) is 0 Å². The zero-order valence-corrected chi connectivity index (χ0v) is 13.3. The third-order valence-corrected chi connectivity index (χ3v) is 4.56. The summed E-state index contributed by atoms with van der Waals surface area (Å²) in [7, 11) is 0.262. The molecule has 0 aliphatic carbocycles. The lowest BCUT2D eigenvalue weighted by molar-refractivity contribution is -0.143. The van der Waals surface area contributed by atoms with Crippen molar-refractivity contribution in [1.82, 2.24) is 4.31 Å². The van der Waals surface area contributed by atoms with Crippen LogP contribution in [0.25, 0.3) is 0 Å². The van der Waals surface area contributed by atoms with Crippen molar-refractivity contribution in [3.05, 3.63) is 18.2 Å². The van der Waals surface area contributed by atoms with Crippen LogP contribution in [0.5, 0.6) is 11.5 Å². The number of sulfonamides is 1. The van der Waals surface area contributed by atoms with Gasteiger partial charge >= 0.3 is 5.97 Å². The molecule has 1 aromatic carbocycles. The molecular weight excluding hydrogens is 298 g/mol. The third kappa shape index (κ3) is 4.08. The summed E-state index contributed by atoms with van der Waals surface area (Å²) in [6.07, 6.45) is 0. The van der Waals surface area contributed by atoms with E-state index in [1.807, 2.05) is 0 Å². The zero-order valence-electron chi connectivity index (χ0n) is 12.5. The van der Waals surface area contributed by atoms with Gasteiger partial charge in [0.05, 0.1) is 20.8 Å². The fourth-order valence-electron chi connectivity index (χ4n) is 1.63. The summed E-state index contributed by atoms with van der Waals surface area (Å²) in [6.45, 7) is 1.48. The number of ether oxygens (including phenoxy) is 3. The van der Waals surface area contributed by atoms with Crippen molar-refractivity contribution >= 4 is 16.0 Å². The van der Waals surface area contributed by atoms with Crippen molar-refractivity contribution in [1.29, 1.82) is 0 Å². The number of methoxy groups -OCH3 is 2. The van der Waals surface area contributed by atoms with E-state index in [0.717, 1.165) is 4.31 Å². The topological polar surface area (TPSA) is 82.1 Å². The van der Waals surface area contributed by atoms with Gasteiger partial charge in [0, 0.05) is 13.1 Å². The molecule has 0 aliphatic rings. The van der Waals surface area contributed by atoms with Crippen LogP contribution in [0.15, 0.2) is 23.1 Å². The lowest BCUT2D eigenvalue weighted by Gasteiger charge is -2.18. The first-order valence-electron chi connectivity index (χ1n) is 6.20. The highest BCUT2D eigenvalue weighted by molar-refractivity contribution is 7.89. The van der Waals surface area contributed by atoms with E-state index in [1.165, 1.54) is 39.5 Å². The van der Waals surface area contributed by atoms with E-state index < -0.39 is 16.0 Å². The fraction of sp³-hybridized carbons (Fsp3) is 0.462. The second kappa shape index (κ2) is 7.28. The Morgan fingerprint density at radius 3 is 2.43 bits per heavy atom. The first-order chi connectivity index (χ1) is 9.86. The minimum absolute atomic E-state index is 0.0439. The summed E-state index contributed by atoms with van der Waals surface area (Å²) < 4.78 is 40.6. The van der Waals surface area contributed by atoms with Crippen molar-refractivity contribution in [2.45, 2.75) is 11.8 Å². The quantitative estimate of drug-likeness (QED) is 0.695. The first-order valence-corrected chi connectivity index (χ1v) is 7.64. The lowest BCUT2D eigenvalue weighted by Crippen LogP contribution is -2.33. The van der Waals surface area contributed by atoms with Crippen LogP contribution in [0.2, 0.25) is 0 Å². The van der Waals surface area contributed by atoms with Gasteiger partial charge in [0.1, 0.15) is 22.9 Å². The molecular formula is C13H19NO6S. The molecule has 21 heavy (non-hydrogen) atoms. The number of hydrogen-bond acceptors (Lipinski definition) is 6. The average molecular weight is 317 g/mol. The lowest BCUT2D eigenvalue weighted by atomic mass is 10.3. The van der Waals surface area contributed by atoms with Crippen LogP contribution >= 0.6 is 0 Å². The van der Waals surface area contributed by atoms with E-state index in [1.54, 1.807) is 6.92 Å². The van der Waals surface area contributed by atoms with Gasteiger partial charge in [0.2, 0.25) is 10.0 Å². The molecule has 118 valence electrons. The Kier molecular flexibility index (Phi) is 5.98. The van der Waals surface area contributed by atoms with Gasteiger partial charge in [-0.05, 0) is 19.1 Å². The summed E-state index contributed by atoms with van der Waals surface area (Å²) >= 11 is 0. The Hall–Kier alpha value is -1.80. The van der Waals surface area contributed by atoms with Gasteiger partial charge in [-0.25, -0.2) is 8.42 Å². The maximum absolute atomic E-state index is 12.4. The van der Waals surface area contributed by atoms with Gasteiger partial charge in [-0.2, -0.15) is 4.31 Å². The largest absolute Gasteiger partial charge is 0.497 e. The maximum Gasteiger partial charge on any atom is 0.321 e. The molecule has 0 spiro atoms. The molecule has 0 amide bonds. The van der Waals surface area contributed by atoms with Crippen LogP contribution < -0.4 is 9.47 Å². The molecule has 0 saturated heterocycles. The molecule has 0 aromatic heterocycles. The Labute approximate surface area is 124 Å². The molecule has 0 bridgehead atoms. The van der Waals surface area contributed by atoms with Crippen molar-refractivity contribution in [2.24, 2.45) is 0 Å². The number of nitrogens with zero attached hydrogens (tertiary/aromatic N) is 1. The Morgan fingerprint density at radius 1 is 1.24 bits per heavy atom. The highest BCUT2D eigenvalue weighted by Crippen LogP contribution is 2.30. The van der Waals surface area contributed by atoms with Gasteiger partial charge < -0.3 is 14.2 Å². The summed E-state index contributed by atoms with van der Waals surface area (Å²) in [6, 6.07) is 4.34. The molecule has 0 radical (unpaired) electrons. The summed E-state index contributed by atoms with van der Waals surface area (Å²) in [5.41, 5.74) is 0. The summed E-state index contributed by atoms with van der Waals surface area (Å²) in [4.78, 5) is 11.4. The van der Waals surface area contributed by atoms with Gasteiger partial charge in [-0.3, -0.25) is 4.79 Å². The summed E-state index contributed by atoms with van der Waals surface area (Å²) in [5, 5.41) is 0. The van der Waals surface area contributed by atoms with Crippen LogP contribution in [-0.2, 0) is 19.6 Å². The van der Waals surface area contributed by atoms with E-state index >= 15 is 0 Å². The van der Waals surface area contributed by atoms with E-state index in [4.69, 9.17) is 14.2 Å². The maximum atomic E-state index is 12.4. The van der Waals surface area contributed by atoms with Gasteiger partial charge in [0.15, 0.2) is 0 Å². The molecule has 0 aliphatic heterocycles. The van der Waals surface area contributed by atoms with Gasteiger partial charge in [-0.15, -0.1) is 0 Å². The number of hydrogen-bond donors (Lipinski definition) is 0. The van der Waals surface area contributed by atoms with Crippen LogP contribution in [0, 0.1) is 0 Å². The number of rotatable bonds is 7. The standard InChI is InChI=1S/C13H19NO6S/c1-5-20-13(15)9-14(2)21(16,17)12-7-6-10(18-3)8-11(12)19-4/h6-8H,5,9H2,1-4H3. The second-order valence-corrected chi connectivity index (χ2v) is 6.10. The van der Waals surface area contributed by atoms with E-state index in [-0.39, 0.29) is 23.8 Å². The van der Waals surface area contributed by atoms with Gasteiger partial charge in [0.25, 0.3) is 0 Å². The summed E-state index contributed by atoms with van der Waals surface area (Å²) in [5.74, 6) is -0.0000387. The van der Waals surface area contributed by atoms with E-state index in [2.05, 4.69) is 0 Å². The van der Waals surface area contributed by atoms with Crippen LogP contribution in [0.1, 0.15) is 6.92 Å². The molecule has 8 heteroatoms. The molecule has 0 N–H and O–H groups in total. The molecule has 0 saturated carbocycles. The highest BCUT2D eigenvalue weighted by Gasteiger charge is 2.27. The highest BCUT2D eigenvalue weighted by atomic mass is 32.2. The zero-order chi connectivity index (χ0) is 16.0. The monoisotopic (exact) mass is 317 g/mol. The Morgan fingerprint density at radius 2 is 1.90 bits per heavy atom. The fourth-order valence-corrected chi connectivity index (χ4v) is 2.88. The number of benzene rings is 1. The van der Waals surface area contributed by atoms with E-state index in [0.29, 0.717) is 5.75 Å². The predicted molar refractivity (Wildman–Crippen MR) is 76.0 cm³/mol. The molecule has 7 nitrogen and oxygen atoms in total. The van der Waals surface area contributed by atoms with Gasteiger partial charge in [-0.1, -0.05) is 0 Å². The van der Waals surface area contributed by atoms with Crippen molar-refractivity contribution in [2.75, 3.05) is 34.4 Å². The molecule has 0 fully saturated rings. The Balaban J connectivity index is 3.09. The minimum Gasteiger partial charge on any atom is -0.497 e. The SMILES string of the molecule is CCOC(=O)CN(C)S(=O)(=O)c1ccc(OC)cc1OC.